The molecule has 0 unspecified atom stereocenters. The van der Waals surface area contributed by atoms with Crippen molar-refractivity contribution >= 4 is 28.5 Å². The van der Waals surface area contributed by atoms with Crippen LogP contribution in [0.25, 0.3) is 11.0 Å². The Morgan fingerprint density at radius 1 is 1.50 bits per heavy atom. The van der Waals surface area contributed by atoms with Gasteiger partial charge in [0.1, 0.15) is 5.52 Å². The molecule has 2 aromatic heterocycles. The van der Waals surface area contributed by atoms with Gasteiger partial charge in [-0.15, -0.1) is 5.10 Å². The number of nitrogens with zero attached hydrogens (tertiary/aromatic N) is 3. The highest BCUT2D eigenvalue weighted by atomic mass is 35.5. The van der Waals surface area contributed by atoms with Crippen molar-refractivity contribution < 1.29 is 4.79 Å². The molecule has 1 amide bonds. The Morgan fingerprint density at radius 3 is 3.00 bits per heavy atom. The van der Waals surface area contributed by atoms with Crippen molar-refractivity contribution in [1.82, 2.24) is 15.2 Å². The van der Waals surface area contributed by atoms with Gasteiger partial charge in [0.2, 0.25) is 0 Å². The van der Waals surface area contributed by atoms with E-state index >= 15 is 0 Å². The lowest BCUT2D eigenvalue weighted by Crippen LogP contribution is -2.12. The van der Waals surface area contributed by atoms with E-state index in [-0.39, 0.29) is 10.6 Å². The first-order valence-corrected chi connectivity index (χ1v) is 4.13. The molecular weight excluding hydrogens is 204 g/mol. The van der Waals surface area contributed by atoms with Gasteiger partial charge in [0.25, 0.3) is 5.91 Å². The minimum absolute atomic E-state index is 0.152. The summed E-state index contributed by atoms with van der Waals surface area (Å²) in [4.78, 5) is 14.9. The SMILES string of the molecule is NC(=O)c1cnc2ccnnc2c1Cl. The van der Waals surface area contributed by atoms with Crippen LogP contribution in [0.5, 0.6) is 0 Å². The van der Waals surface area contributed by atoms with E-state index in [0.29, 0.717) is 11.0 Å². The highest BCUT2D eigenvalue weighted by Crippen LogP contribution is 2.22. The third-order valence-electron chi connectivity index (χ3n) is 1.74. The van der Waals surface area contributed by atoms with E-state index in [2.05, 4.69) is 15.2 Å². The number of pyridine rings is 1. The zero-order valence-electron chi connectivity index (χ0n) is 6.94. The third kappa shape index (κ3) is 1.27. The van der Waals surface area contributed by atoms with Crippen LogP contribution in [0.15, 0.2) is 18.5 Å². The zero-order chi connectivity index (χ0) is 10.1. The van der Waals surface area contributed by atoms with Gasteiger partial charge in [-0.25, -0.2) is 0 Å². The summed E-state index contributed by atoms with van der Waals surface area (Å²) in [7, 11) is 0. The van der Waals surface area contributed by atoms with Crippen molar-refractivity contribution in [1.29, 1.82) is 0 Å². The predicted octanol–water partition coefficient (Wildman–Crippen LogP) is 0.777. The topological polar surface area (TPSA) is 81.8 Å². The molecule has 2 heterocycles. The second kappa shape index (κ2) is 3.19. The number of rotatable bonds is 1. The number of nitrogens with two attached hydrogens (primary N) is 1. The smallest absolute Gasteiger partial charge is 0.251 e. The molecule has 0 aliphatic heterocycles. The first-order valence-electron chi connectivity index (χ1n) is 3.76. The van der Waals surface area contributed by atoms with Crippen LogP contribution in [-0.2, 0) is 0 Å². The van der Waals surface area contributed by atoms with Gasteiger partial charge < -0.3 is 5.73 Å². The van der Waals surface area contributed by atoms with Gasteiger partial charge >= 0.3 is 0 Å². The summed E-state index contributed by atoms with van der Waals surface area (Å²) in [5.41, 5.74) is 6.21. The normalized spacial score (nSPS) is 10.4. The maximum absolute atomic E-state index is 10.9. The van der Waals surface area contributed by atoms with Crippen molar-refractivity contribution in [3.05, 3.63) is 29.0 Å². The first kappa shape index (κ1) is 8.83. The first-order chi connectivity index (χ1) is 6.70. The van der Waals surface area contributed by atoms with Crippen LogP contribution in [-0.4, -0.2) is 21.1 Å². The molecule has 70 valence electrons. The standard InChI is InChI=1S/C8H5ClN4O/c9-6-4(8(10)14)3-11-5-1-2-12-13-7(5)6/h1-3H,(H2,10,14). The van der Waals surface area contributed by atoms with E-state index in [1.165, 1.54) is 12.4 Å². The molecule has 0 bridgehead atoms. The van der Waals surface area contributed by atoms with Gasteiger partial charge in [0.15, 0.2) is 0 Å². The van der Waals surface area contributed by atoms with Crippen LogP contribution in [0.4, 0.5) is 0 Å². The number of aromatic nitrogens is 3. The summed E-state index contributed by atoms with van der Waals surface area (Å²) in [5.74, 6) is -0.630. The number of carbonyl (C=O) groups is 1. The summed E-state index contributed by atoms with van der Waals surface area (Å²) in [6, 6.07) is 1.65. The van der Waals surface area contributed by atoms with Crippen molar-refractivity contribution in [2.75, 3.05) is 0 Å². The van der Waals surface area contributed by atoms with E-state index in [4.69, 9.17) is 17.3 Å². The lowest BCUT2D eigenvalue weighted by molar-refractivity contribution is 0.100. The van der Waals surface area contributed by atoms with Crippen LogP contribution in [0.3, 0.4) is 0 Å². The molecule has 0 aliphatic rings. The van der Waals surface area contributed by atoms with Gasteiger partial charge in [-0.05, 0) is 6.07 Å². The molecule has 2 rings (SSSR count). The second-order valence-corrected chi connectivity index (χ2v) is 2.99. The molecule has 6 heteroatoms. The molecule has 5 nitrogen and oxygen atoms in total. The van der Waals surface area contributed by atoms with Crippen molar-refractivity contribution in [2.45, 2.75) is 0 Å². The minimum Gasteiger partial charge on any atom is -0.366 e. The monoisotopic (exact) mass is 208 g/mol. The fourth-order valence-corrected chi connectivity index (χ4v) is 1.35. The van der Waals surface area contributed by atoms with Crippen LogP contribution < -0.4 is 5.73 Å². The number of amides is 1. The van der Waals surface area contributed by atoms with Gasteiger partial charge in [0.05, 0.1) is 22.3 Å². The van der Waals surface area contributed by atoms with Gasteiger partial charge in [-0.1, -0.05) is 11.6 Å². The third-order valence-corrected chi connectivity index (χ3v) is 2.12. The van der Waals surface area contributed by atoms with Crippen molar-refractivity contribution in [3.8, 4) is 0 Å². The molecule has 0 saturated heterocycles. The zero-order valence-corrected chi connectivity index (χ0v) is 7.69. The molecule has 14 heavy (non-hydrogen) atoms. The van der Waals surface area contributed by atoms with Gasteiger partial charge in [-0.3, -0.25) is 9.78 Å². The van der Waals surface area contributed by atoms with E-state index in [1.807, 2.05) is 0 Å². The molecule has 0 aliphatic carbocycles. The Kier molecular flexibility index (Phi) is 2.01. The van der Waals surface area contributed by atoms with Crippen LogP contribution >= 0.6 is 11.6 Å². The Balaban J connectivity index is 2.81. The number of hydrogen-bond donors (Lipinski definition) is 1. The minimum atomic E-state index is -0.630. The highest BCUT2D eigenvalue weighted by Gasteiger charge is 2.11. The summed E-state index contributed by atoms with van der Waals surface area (Å²) in [5, 5.41) is 7.61. The average Bonchev–Trinajstić information content (AvgIpc) is 2.18. The summed E-state index contributed by atoms with van der Waals surface area (Å²) < 4.78 is 0. The number of halogens is 1. The Hall–Kier alpha value is -1.75. The maximum atomic E-state index is 10.9. The van der Waals surface area contributed by atoms with Crippen LogP contribution in [0.2, 0.25) is 5.02 Å². The Morgan fingerprint density at radius 2 is 2.29 bits per heavy atom. The number of carbonyl (C=O) groups excluding carboxylic acids is 1. The van der Waals surface area contributed by atoms with Crippen LogP contribution in [0, 0.1) is 0 Å². The van der Waals surface area contributed by atoms with Crippen molar-refractivity contribution in [3.63, 3.8) is 0 Å². The number of fused-ring (bicyclic) bond motifs is 1. The summed E-state index contributed by atoms with van der Waals surface area (Å²) in [6.45, 7) is 0. The molecule has 0 atom stereocenters. The lowest BCUT2D eigenvalue weighted by atomic mass is 10.2. The molecule has 0 spiro atoms. The van der Waals surface area contributed by atoms with Gasteiger partial charge in [-0.2, -0.15) is 5.10 Å². The Labute approximate surface area is 83.9 Å². The van der Waals surface area contributed by atoms with E-state index in [0.717, 1.165) is 0 Å². The fraction of sp³-hybridized carbons (Fsp3) is 0. The molecule has 0 fully saturated rings. The molecule has 0 saturated carbocycles. The van der Waals surface area contributed by atoms with E-state index < -0.39 is 5.91 Å². The number of hydrogen-bond acceptors (Lipinski definition) is 4. The highest BCUT2D eigenvalue weighted by molar-refractivity contribution is 6.37. The number of primary amides is 1. The molecule has 0 radical (unpaired) electrons. The summed E-state index contributed by atoms with van der Waals surface area (Å²) >= 11 is 5.89. The molecular formula is C8H5ClN4O. The Bertz CT molecular complexity index is 514. The maximum Gasteiger partial charge on any atom is 0.251 e. The van der Waals surface area contributed by atoms with Gasteiger partial charge in [0, 0.05) is 6.20 Å². The van der Waals surface area contributed by atoms with Crippen LogP contribution in [0.1, 0.15) is 10.4 Å². The molecule has 2 N–H and O–H groups in total. The predicted molar refractivity (Wildman–Crippen MR) is 50.9 cm³/mol. The largest absolute Gasteiger partial charge is 0.366 e. The van der Waals surface area contributed by atoms with Crippen molar-refractivity contribution in [2.24, 2.45) is 5.73 Å². The van der Waals surface area contributed by atoms with E-state index in [9.17, 15) is 4.79 Å². The molecule has 2 aromatic rings. The molecule has 0 aromatic carbocycles. The average molecular weight is 209 g/mol. The fourth-order valence-electron chi connectivity index (χ4n) is 1.08. The second-order valence-electron chi connectivity index (χ2n) is 2.62. The quantitative estimate of drug-likeness (QED) is 0.751. The lowest BCUT2D eigenvalue weighted by Gasteiger charge is -2.01. The summed E-state index contributed by atoms with van der Waals surface area (Å²) in [6.07, 6.45) is 2.82. The van der Waals surface area contributed by atoms with E-state index in [1.54, 1.807) is 6.07 Å².